The summed E-state index contributed by atoms with van der Waals surface area (Å²) in [7, 11) is 1.64. The molecule has 3 aliphatic heterocycles. The van der Waals surface area contributed by atoms with Crippen molar-refractivity contribution in [3.63, 3.8) is 0 Å². The third-order valence-electron chi connectivity index (χ3n) is 9.45. The fraction of sp³-hybridized carbons (Fsp3) is 0.378. The number of ether oxygens (including phenoxy) is 4. The molecule has 0 bridgehead atoms. The number of hydrogen-bond acceptors (Lipinski definition) is 11. The highest BCUT2D eigenvalue weighted by Crippen LogP contribution is 2.40. The number of hydrogen-bond donors (Lipinski definition) is 0. The lowest BCUT2D eigenvalue weighted by Crippen LogP contribution is -2.46. The smallest absolute Gasteiger partial charge is 0.221 e. The largest absolute Gasteiger partial charge is 0.496 e. The zero-order valence-corrected chi connectivity index (χ0v) is 28.4. The summed E-state index contributed by atoms with van der Waals surface area (Å²) in [5.74, 6) is 1.25. The van der Waals surface area contributed by atoms with E-state index < -0.39 is 5.79 Å². The third kappa shape index (κ3) is 6.79. The normalized spacial score (nSPS) is 21.4. The van der Waals surface area contributed by atoms with E-state index in [9.17, 15) is 0 Å². The number of aromatic nitrogens is 3. The highest BCUT2D eigenvalue weighted by Gasteiger charge is 2.46. The van der Waals surface area contributed by atoms with E-state index >= 15 is 0 Å². The molecule has 1 aromatic heterocycles. The highest BCUT2D eigenvalue weighted by molar-refractivity contribution is 5.85. The first-order valence-corrected chi connectivity index (χ1v) is 16.9. The second-order valence-electron chi connectivity index (χ2n) is 12.5. The summed E-state index contributed by atoms with van der Waals surface area (Å²) in [5, 5.41) is 15.1. The van der Waals surface area contributed by atoms with E-state index in [2.05, 4.69) is 81.9 Å². The van der Waals surface area contributed by atoms with Crippen LogP contribution in [0.15, 0.2) is 103 Å². The van der Waals surface area contributed by atoms with E-state index in [1.807, 2.05) is 52.6 Å². The Balaban J connectivity index is 0.912. The molecule has 7 rings (SSSR count). The molecule has 12 heteroatoms. The lowest BCUT2D eigenvalue weighted by atomic mass is 10.0. The van der Waals surface area contributed by atoms with Gasteiger partial charge in [-0.3, -0.25) is 4.90 Å². The van der Waals surface area contributed by atoms with Gasteiger partial charge >= 0.3 is 0 Å². The molecular weight excluding hydrogens is 620 g/mol. The predicted octanol–water partition coefficient (Wildman–Crippen LogP) is 5.30. The summed E-state index contributed by atoms with van der Waals surface area (Å²) in [6.45, 7) is 13.3. The van der Waals surface area contributed by atoms with E-state index in [1.54, 1.807) is 24.3 Å². The van der Waals surface area contributed by atoms with Gasteiger partial charge in [-0.1, -0.05) is 25.6 Å². The summed E-state index contributed by atoms with van der Waals surface area (Å²) < 4.78 is 24.7. The molecule has 4 heterocycles. The number of anilines is 3. The van der Waals surface area contributed by atoms with E-state index in [0.29, 0.717) is 25.0 Å². The maximum atomic E-state index is 6.54. The lowest BCUT2D eigenvalue weighted by molar-refractivity contribution is -0.193. The van der Waals surface area contributed by atoms with Crippen LogP contribution in [0, 0.1) is 0 Å². The Hall–Kier alpha value is -5.07. The number of benzene rings is 3. The Bertz CT molecular complexity index is 1720. The minimum absolute atomic E-state index is 0.283. The molecule has 3 aromatic carbocycles. The Kier molecular flexibility index (Phi) is 9.41. The summed E-state index contributed by atoms with van der Waals surface area (Å²) in [6.07, 6.45) is 5.85. The second-order valence-corrected chi connectivity index (χ2v) is 12.5. The Morgan fingerprint density at radius 2 is 1.53 bits per heavy atom. The zero-order valence-electron chi connectivity index (χ0n) is 28.4. The van der Waals surface area contributed by atoms with Gasteiger partial charge in [0.1, 0.15) is 42.9 Å². The molecule has 0 aliphatic carbocycles. The van der Waals surface area contributed by atoms with Crippen molar-refractivity contribution in [2.75, 3.05) is 61.2 Å². The van der Waals surface area contributed by atoms with Gasteiger partial charge in [0.05, 0.1) is 37.7 Å². The minimum Gasteiger partial charge on any atom is -0.496 e. The standard InChI is InChI=1S/C37H44N8O4/c1-5-28(2)45-29(3)43(27-40-45)32-12-10-30(11-13-32)41-20-22-42(23-21-41)31-14-16-33(17-15-31)47-24-34-25-48-37(49-34,26-44-38-18-19-39-44)35-8-6-7-9-36(35)46-4/h6-19,27-28,34H,3,5,20-26H2,1-2,4H3. The quantitative estimate of drug-likeness (QED) is 0.199. The maximum absolute atomic E-state index is 6.54. The maximum Gasteiger partial charge on any atom is 0.221 e. The molecule has 2 fully saturated rings. The van der Waals surface area contributed by atoms with E-state index in [0.717, 1.165) is 55.4 Å². The molecule has 12 nitrogen and oxygen atoms in total. The summed E-state index contributed by atoms with van der Waals surface area (Å²) in [4.78, 5) is 8.47. The Morgan fingerprint density at radius 3 is 2.18 bits per heavy atom. The van der Waals surface area contributed by atoms with Crippen molar-refractivity contribution in [1.29, 1.82) is 0 Å². The molecule has 0 saturated carbocycles. The first-order chi connectivity index (χ1) is 24.0. The van der Waals surface area contributed by atoms with Gasteiger partial charge in [0.25, 0.3) is 0 Å². The van der Waals surface area contributed by atoms with Gasteiger partial charge in [-0.25, -0.2) is 5.01 Å². The van der Waals surface area contributed by atoms with E-state index in [1.165, 1.54) is 11.4 Å². The molecule has 2 saturated heterocycles. The Labute approximate surface area is 287 Å². The molecule has 3 aliphatic rings. The first kappa shape index (κ1) is 32.5. The molecule has 4 aromatic rings. The predicted molar refractivity (Wildman–Crippen MR) is 190 cm³/mol. The van der Waals surface area contributed by atoms with Gasteiger partial charge in [-0.05, 0) is 74.0 Å². The second kappa shape index (κ2) is 14.2. The van der Waals surface area contributed by atoms with Gasteiger partial charge in [-0.15, -0.1) is 0 Å². The van der Waals surface area contributed by atoms with Crippen LogP contribution >= 0.6 is 0 Å². The Morgan fingerprint density at radius 1 is 0.898 bits per heavy atom. The van der Waals surface area contributed by atoms with Gasteiger partial charge in [0, 0.05) is 43.2 Å². The average molecular weight is 665 g/mol. The van der Waals surface area contributed by atoms with Crippen molar-refractivity contribution in [1.82, 2.24) is 20.0 Å². The molecule has 0 amide bonds. The molecule has 3 atom stereocenters. The lowest BCUT2D eigenvalue weighted by Gasteiger charge is -2.37. The van der Waals surface area contributed by atoms with Gasteiger partial charge in [0.15, 0.2) is 0 Å². The van der Waals surface area contributed by atoms with Crippen molar-refractivity contribution in [3.05, 3.63) is 103 Å². The number of para-hydroxylation sites is 1. The topological polar surface area (TPSA) is 93.0 Å². The van der Waals surface area contributed by atoms with Crippen molar-refractivity contribution >= 4 is 23.4 Å². The monoisotopic (exact) mass is 664 g/mol. The van der Waals surface area contributed by atoms with Crippen molar-refractivity contribution in [2.45, 2.75) is 44.7 Å². The average Bonchev–Trinajstić information content (AvgIpc) is 3.92. The number of piperazine rings is 1. The van der Waals surface area contributed by atoms with Crippen LogP contribution in [-0.2, 0) is 21.8 Å². The minimum atomic E-state index is -1.10. The molecule has 0 radical (unpaired) electrons. The van der Waals surface area contributed by atoms with Gasteiger partial charge in [-0.2, -0.15) is 20.1 Å². The van der Waals surface area contributed by atoms with Crippen molar-refractivity contribution < 1.29 is 18.9 Å². The summed E-state index contributed by atoms with van der Waals surface area (Å²) in [6, 6.07) is 25.0. The van der Waals surface area contributed by atoms with Crippen molar-refractivity contribution in [3.8, 4) is 11.5 Å². The van der Waals surface area contributed by atoms with Crippen LogP contribution < -0.4 is 24.2 Å². The molecule has 0 spiro atoms. The molecule has 3 unspecified atom stereocenters. The number of rotatable bonds is 12. The summed E-state index contributed by atoms with van der Waals surface area (Å²) in [5.41, 5.74) is 4.26. The SMILES string of the molecule is C=C1N(c2ccc(N3CCN(c4ccc(OCC5COC(Cn6nccn6)(c6ccccc6OC)O5)cc4)CC3)cc2)C=NN1C(C)CC. The van der Waals surface area contributed by atoms with E-state index in [4.69, 9.17) is 18.9 Å². The van der Waals surface area contributed by atoms with Gasteiger partial charge in [0.2, 0.25) is 5.79 Å². The number of nitrogens with zero attached hydrogens (tertiary/aromatic N) is 8. The third-order valence-corrected chi connectivity index (χ3v) is 9.45. The van der Waals surface area contributed by atoms with Crippen LogP contribution in [0.2, 0.25) is 0 Å². The van der Waals surface area contributed by atoms with Gasteiger partial charge < -0.3 is 28.7 Å². The van der Waals surface area contributed by atoms with Crippen molar-refractivity contribution in [2.24, 2.45) is 5.10 Å². The van der Waals surface area contributed by atoms with Crippen LogP contribution in [0.5, 0.6) is 11.5 Å². The van der Waals surface area contributed by atoms with E-state index in [-0.39, 0.29) is 12.6 Å². The molecule has 0 N–H and O–H groups in total. The zero-order chi connectivity index (χ0) is 33.8. The van der Waals surface area contributed by atoms with Crippen LogP contribution in [-0.4, -0.2) is 85.0 Å². The van der Waals surface area contributed by atoms with Crippen LogP contribution in [0.3, 0.4) is 0 Å². The molecular formula is C37H44N8O4. The number of hydrazone groups is 1. The first-order valence-electron chi connectivity index (χ1n) is 16.9. The summed E-state index contributed by atoms with van der Waals surface area (Å²) >= 11 is 0. The van der Waals surface area contributed by atoms with Crippen LogP contribution in [0.1, 0.15) is 25.8 Å². The van der Waals surface area contributed by atoms with Crippen LogP contribution in [0.25, 0.3) is 0 Å². The van der Waals surface area contributed by atoms with Crippen LogP contribution in [0.4, 0.5) is 17.1 Å². The molecule has 49 heavy (non-hydrogen) atoms. The molecule has 256 valence electrons. The number of methoxy groups -OCH3 is 1. The highest BCUT2D eigenvalue weighted by atomic mass is 16.8. The fourth-order valence-corrected chi connectivity index (χ4v) is 6.52. The fourth-order valence-electron chi connectivity index (χ4n) is 6.52.